The number of hydrogen-bond acceptors (Lipinski definition) is 7. The first-order chi connectivity index (χ1) is 18.5. The zero-order valence-corrected chi connectivity index (χ0v) is 22.7. The van der Waals surface area contributed by atoms with Crippen LogP contribution in [0.4, 0.5) is 0 Å². The molecule has 9 heteroatoms. The molecule has 0 radical (unpaired) electrons. The number of nitrogens with one attached hydrogen (secondary N) is 2. The molecule has 3 aliphatic rings. The molecule has 0 bridgehead atoms. The van der Waals surface area contributed by atoms with Gasteiger partial charge in [0.05, 0.1) is 27.7 Å². The van der Waals surface area contributed by atoms with E-state index in [2.05, 4.69) is 10.3 Å². The number of halogens is 1. The predicted octanol–water partition coefficient (Wildman–Crippen LogP) is 5.37. The number of ether oxygens (including phenoxy) is 1. The number of aromatic nitrogens is 1. The monoisotopic (exact) mass is 546 g/mol. The molecule has 6 rings (SSSR count). The number of aromatic hydroxyl groups is 2. The molecule has 2 atom stereocenters. The molecule has 0 fully saturated rings. The highest BCUT2D eigenvalue weighted by molar-refractivity contribution is 6.35. The van der Waals surface area contributed by atoms with Gasteiger partial charge in [-0.15, -0.1) is 0 Å². The van der Waals surface area contributed by atoms with Gasteiger partial charge in [0.1, 0.15) is 34.0 Å². The Bertz CT molecular complexity index is 1730. The maximum absolute atomic E-state index is 14.1. The summed E-state index contributed by atoms with van der Waals surface area (Å²) in [5.74, 6) is -2.44. The van der Waals surface area contributed by atoms with Crippen LogP contribution in [0.3, 0.4) is 0 Å². The number of phenols is 2. The van der Waals surface area contributed by atoms with Gasteiger partial charge < -0.3 is 25.3 Å². The lowest BCUT2D eigenvalue weighted by Gasteiger charge is -2.30. The molecule has 1 aromatic heterocycles. The number of phenolic OH excluding ortho intramolecular Hbond substituents is 2. The van der Waals surface area contributed by atoms with Crippen LogP contribution in [0.1, 0.15) is 72.4 Å². The van der Waals surface area contributed by atoms with Crippen LogP contribution in [0.15, 0.2) is 41.3 Å². The molecule has 4 N–H and O–H groups in total. The minimum atomic E-state index is -1.55. The molecule has 0 unspecified atom stereocenters. The van der Waals surface area contributed by atoms with Crippen LogP contribution in [0, 0.1) is 6.92 Å². The van der Waals surface area contributed by atoms with Gasteiger partial charge in [-0.05, 0) is 58.6 Å². The first-order valence-electron chi connectivity index (χ1n) is 12.8. The summed E-state index contributed by atoms with van der Waals surface area (Å²) in [6.45, 7) is 5.97. The van der Waals surface area contributed by atoms with Gasteiger partial charge in [-0.25, -0.2) is 0 Å². The third-order valence-corrected chi connectivity index (χ3v) is 8.66. The summed E-state index contributed by atoms with van der Waals surface area (Å²) in [5.41, 5.74) is 1.80. The minimum Gasteiger partial charge on any atom is -0.507 e. The van der Waals surface area contributed by atoms with E-state index in [0.717, 1.165) is 35.9 Å². The van der Waals surface area contributed by atoms with Gasteiger partial charge in [-0.1, -0.05) is 23.7 Å². The van der Waals surface area contributed by atoms with Crippen molar-refractivity contribution in [3.05, 3.63) is 74.3 Å². The van der Waals surface area contributed by atoms with Crippen LogP contribution in [-0.2, 0) is 21.4 Å². The highest BCUT2D eigenvalue weighted by atomic mass is 35.5. The molecule has 1 aliphatic heterocycles. The third-order valence-electron chi connectivity index (χ3n) is 8.34. The largest absolute Gasteiger partial charge is 0.507 e. The maximum Gasteiger partial charge on any atom is 0.194 e. The zero-order valence-electron chi connectivity index (χ0n) is 21.9. The van der Waals surface area contributed by atoms with Crippen molar-refractivity contribution in [3.63, 3.8) is 0 Å². The summed E-state index contributed by atoms with van der Waals surface area (Å²) in [6, 6.07) is 5.61. The molecule has 0 spiro atoms. The van der Waals surface area contributed by atoms with Gasteiger partial charge in [0.25, 0.3) is 0 Å². The standard InChI is InChI=1S/C30H27ClN2O6/c1-12-26(36)22(14(3)34)28-23(27(12)37)30(4)20(39-28)11-19(35)21(29(30)38)13(2)32-18-10-6-8-16-15-7-5-9-17(31)24(15)33-25(16)18/h5,7,9,11,18,32-33,36-37H,6,8,10H2,1-4H3/b21-13+/t18-,30-/m0/s1. The average molecular weight is 547 g/mol. The molecule has 0 amide bonds. The SMILES string of the molecule is CC(=O)c1c(O)c(C)c(O)c2c1OC1=CC(=O)/C(=C(/C)N[C@H]3CCCc4c3[nH]c3c(Cl)cccc43)C(=O)[C@@]12C. The Morgan fingerprint density at radius 3 is 2.67 bits per heavy atom. The van der Waals surface area contributed by atoms with Crippen molar-refractivity contribution in [1.29, 1.82) is 0 Å². The molecule has 3 aromatic rings. The Morgan fingerprint density at radius 1 is 1.21 bits per heavy atom. The van der Waals surface area contributed by atoms with Crippen LogP contribution in [-0.4, -0.2) is 32.5 Å². The van der Waals surface area contributed by atoms with Crippen molar-refractivity contribution in [2.75, 3.05) is 0 Å². The maximum atomic E-state index is 14.1. The number of carbonyl (C=O) groups is 3. The van der Waals surface area contributed by atoms with E-state index >= 15 is 0 Å². The van der Waals surface area contributed by atoms with Gasteiger partial charge in [0, 0.05) is 28.4 Å². The number of Topliss-reactive ketones (excluding diaryl/α,β-unsaturated/α-hetero) is 2. The van der Waals surface area contributed by atoms with Crippen molar-refractivity contribution in [2.45, 2.75) is 58.4 Å². The van der Waals surface area contributed by atoms with E-state index in [1.54, 1.807) is 13.8 Å². The van der Waals surface area contributed by atoms with Crippen molar-refractivity contribution in [2.24, 2.45) is 0 Å². The summed E-state index contributed by atoms with van der Waals surface area (Å²) >= 11 is 6.44. The number of benzene rings is 2. The Labute approximate surface area is 229 Å². The van der Waals surface area contributed by atoms with Crippen LogP contribution >= 0.6 is 11.6 Å². The van der Waals surface area contributed by atoms with Crippen LogP contribution in [0.2, 0.25) is 5.02 Å². The van der Waals surface area contributed by atoms with Gasteiger partial charge in [-0.3, -0.25) is 14.4 Å². The highest BCUT2D eigenvalue weighted by Crippen LogP contribution is 2.57. The number of aromatic amines is 1. The van der Waals surface area contributed by atoms with E-state index < -0.39 is 28.5 Å². The number of para-hydroxylation sites is 1. The summed E-state index contributed by atoms with van der Waals surface area (Å²) in [5, 5.41) is 26.7. The number of allylic oxidation sites excluding steroid dienone is 4. The van der Waals surface area contributed by atoms with Crippen molar-refractivity contribution in [1.82, 2.24) is 10.3 Å². The summed E-state index contributed by atoms with van der Waals surface area (Å²) < 4.78 is 5.85. The smallest absolute Gasteiger partial charge is 0.194 e. The molecule has 0 saturated carbocycles. The van der Waals surface area contributed by atoms with E-state index in [0.29, 0.717) is 10.7 Å². The number of fused-ring (bicyclic) bond motifs is 6. The minimum absolute atomic E-state index is 0.0112. The van der Waals surface area contributed by atoms with E-state index in [1.807, 2.05) is 18.2 Å². The van der Waals surface area contributed by atoms with Gasteiger partial charge in [-0.2, -0.15) is 0 Å². The predicted molar refractivity (Wildman–Crippen MR) is 145 cm³/mol. The molecular formula is C30H27ClN2O6. The average Bonchev–Trinajstić information content (AvgIpc) is 3.40. The Morgan fingerprint density at radius 2 is 1.95 bits per heavy atom. The Kier molecular flexibility index (Phi) is 5.49. The fourth-order valence-corrected chi connectivity index (χ4v) is 6.51. The highest BCUT2D eigenvalue weighted by Gasteiger charge is 2.56. The second-order valence-electron chi connectivity index (χ2n) is 10.7. The Hall–Kier alpha value is -4.04. The molecule has 39 heavy (non-hydrogen) atoms. The second kappa shape index (κ2) is 8.48. The first-order valence-corrected chi connectivity index (χ1v) is 13.2. The molecule has 8 nitrogen and oxygen atoms in total. The quantitative estimate of drug-likeness (QED) is 0.197. The number of ketones is 3. The number of H-pyrrole nitrogens is 1. The van der Waals surface area contributed by atoms with E-state index in [1.165, 1.54) is 25.5 Å². The van der Waals surface area contributed by atoms with Crippen molar-refractivity contribution < 1.29 is 29.3 Å². The van der Waals surface area contributed by atoms with Crippen molar-refractivity contribution >= 4 is 39.9 Å². The van der Waals surface area contributed by atoms with Gasteiger partial charge in [0.15, 0.2) is 17.3 Å². The number of carbonyl (C=O) groups excluding carboxylic acids is 3. The summed E-state index contributed by atoms with van der Waals surface area (Å²) in [6.07, 6.45) is 3.83. The topological polar surface area (TPSA) is 129 Å². The lowest BCUT2D eigenvalue weighted by atomic mass is 9.70. The van der Waals surface area contributed by atoms with Gasteiger partial charge >= 0.3 is 0 Å². The number of rotatable bonds is 3. The molecule has 2 heterocycles. The lowest BCUT2D eigenvalue weighted by molar-refractivity contribution is -0.123. The van der Waals surface area contributed by atoms with Crippen molar-refractivity contribution in [3.8, 4) is 17.2 Å². The summed E-state index contributed by atoms with van der Waals surface area (Å²) in [7, 11) is 0. The Balaban J connectivity index is 1.45. The van der Waals surface area contributed by atoms with E-state index in [9.17, 15) is 24.6 Å². The molecule has 200 valence electrons. The first kappa shape index (κ1) is 25.2. The number of aryl methyl sites for hydroxylation is 1. The fourth-order valence-electron chi connectivity index (χ4n) is 6.29. The zero-order chi connectivity index (χ0) is 28.0. The normalized spacial score (nSPS) is 23.1. The number of hydrogen-bond donors (Lipinski definition) is 4. The van der Waals surface area contributed by atoms with Gasteiger partial charge in [0.2, 0.25) is 0 Å². The second-order valence-corrected chi connectivity index (χ2v) is 11.1. The molecular weight excluding hydrogens is 520 g/mol. The third kappa shape index (κ3) is 3.34. The van der Waals surface area contributed by atoms with Crippen LogP contribution in [0.25, 0.3) is 10.9 Å². The van der Waals surface area contributed by atoms with Crippen LogP contribution in [0.5, 0.6) is 17.2 Å². The lowest BCUT2D eigenvalue weighted by Crippen LogP contribution is -2.41. The molecule has 2 aromatic carbocycles. The fraction of sp³-hybridized carbons (Fsp3) is 0.300. The van der Waals surface area contributed by atoms with Crippen LogP contribution < -0.4 is 10.1 Å². The summed E-state index contributed by atoms with van der Waals surface area (Å²) in [4.78, 5) is 43.3. The molecule has 0 saturated heterocycles. The van der Waals surface area contributed by atoms with E-state index in [-0.39, 0.29) is 45.6 Å². The molecule has 2 aliphatic carbocycles. The van der Waals surface area contributed by atoms with E-state index in [4.69, 9.17) is 16.3 Å².